The second kappa shape index (κ2) is 4.61. The fourth-order valence-corrected chi connectivity index (χ4v) is 1.37. The van der Waals surface area contributed by atoms with Gasteiger partial charge >= 0.3 is 0 Å². The number of nitrogens with zero attached hydrogens (tertiary/aromatic N) is 2. The van der Waals surface area contributed by atoms with Crippen LogP contribution in [0.5, 0.6) is 0 Å². The zero-order valence-electron chi connectivity index (χ0n) is 9.30. The van der Waals surface area contributed by atoms with Crippen molar-refractivity contribution in [2.45, 2.75) is 6.92 Å². The molecular weight excluding hydrogens is 218 g/mol. The lowest BCUT2D eigenvalue weighted by Gasteiger charge is -2.05. The first-order valence-electron chi connectivity index (χ1n) is 5.03. The van der Waals surface area contributed by atoms with Crippen LogP contribution in [-0.2, 0) is 4.79 Å². The molecule has 0 radical (unpaired) electrons. The number of carbonyl (C=O) groups excluding carboxylic acids is 1. The number of hydrogen-bond acceptors (Lipinski definition) is 4. The Morgan fingerprint density at radius 3 is 2.82 bits per heavy atom. The summed E-state index contributed by atoms with van der Waals surface area (Å²) in [5.74, 6) is 0.570. The fraction of sp³-hybridized carbons (Fsp3) is 0.0833. The minimum absolute atomic E-state index is 0.284. The minimum atomic E-state index is -0.284. The van der Waals surface area contributed by atoms with Gasteiger partial charge in [0, 0.05) is 6.92 Å². The molecule has 0 atom stereocenters. The lowest BCUT2D eigenvalue weighted by Crippen LogP contribution is -2.08. The highest BCUT2D eigenvalue weighted by Gasteiger charge is 2.11. The van der Waals surface area contributed by atoms with Gasteiger partial charge in [-0.3, -0.25) is 4.79 Å². The Morgan fingerprint density at radius 1 is 1.41 bits per heavy atom. The third-order valence-electron chi connectivity index (χ3n) is 2.13. The quantitative estimate of drug-likeness (QED) is 0.819. The van der Waals surface area contributed by atoms with E-state index in [0.29, 0.717) is 23.0 Å². The topological polar surface area (TPSA) is 68.0 Å². The molecule has 86 valence electrons. The molecule has 0 saturated carbocycles. The van der Waals surface area contributed by atoms with E-state index in [2.05, 4.69) is 22.1 Å². The van der Waals surface area contributed by atoms with Gasteiger partial charge in [0.1, 0.15) is 0 Å². The van der Waals surface area contributed by atoms with Gasteiger partial charge in [-0.15, -0.1) is 10.2 Å². The molecule has 0 unspecified atom stereocenters. The molecule has 1 amide bonds. The van der Waals surface area contributed by atoms with Crippen molar-refractivity contribution in [2.75, 3.05) is 5.32 Å². The van der Waals surface area contributed by atoms with Crippen molar-refractivity contribution >= 4 is 11.6 Å². The van der Waals surface area contributed by atoms with E-state index in [1.165, 1.54) is 6.08 Å². The van der Waals surface area contributed by atoms with Gasteiger partial charge in [0.15, 0.2) is 0 Å². The van der Waals surface area contributed by atoms with E-state index in [1.807, 2.05) is 12.1 Å². The Bertz CT molecular complexity index is 560. The number of rotatable bonds is 3. The lowest BCUT2D eigenvalue weighted by atomic mass is 10.2. The van der Waals surface area contributed by atoms with Crippen LogP contribution in [0.3, 0.4) is 0 Å². The van der Waals surface area contributed by atoms with Crippen LogP contribution in [0.2, 0.25) is 0 Å². The van der Waals surface area contributed by atoms with Gasteiger partial charge in [0.2, 0.25) is 17.7 Å². The normalized spacial score (nSPS) is 9.94. The van der Waals surface area contributed by atoms with Crippen LogP contribution in [0.15, 0.2) is 41.3 Å². The third kappa shape index (κ3) is 2.39. The van der Waals surface area contributed by atoms with E-state index in [9.17, 15) is 4.79 Å². The van der Waals surface area contributed by atoms with Crippen molar-refractivity contribution in [2.24, 2.45) is 0 Å². The number of carbonyl (C=O) groups is 1. The molecule has 0 aliphatic carbocycles. The highest BCUT2D eigenvalue weighted by Crippen LogP contribution is 2.26. The maximum Gasteiger partial charge on any atom is 0.249 e. The molecule has 1 N–H and O–H groups in total. The SMILES string of the molecule is C=CC(=O)Nc1ccccc1-c1nnc(C)o1. The third-order valence-corrected chi connectivity index (χ3v) is 2.13. The molecule has 0 saturated heterocycles. The minimum Gasteiger partial charge on any atom is -0.421 e. The summed E-state index contributed by atoms with van der Waals surface area (Å²) in [6.07, 6.45) is 1.20. The molecule has 0 spiro atoms. The van der Waals surface area contributed by atoms with Crippen LogP contribution >= 0.6 is 0 Å². The Morgan fingerprint density at radius 2 is 2.18 bits per heavy atom. The first-order chi connectivity index (χ1) is 8.20. The van der Waals surface area contributed by atoms with Crippen LogP contribution in [0.25, 0.3) is 11.5 Å². The first-order valence-corrected chi connectivity index (χ1v) is 5.03. The van der Waals surface area contributed by atoms with Crippen molar-refractivity contribution in [3.05, 3.63) is 42.8 Å². The van der Waals surface area contributed by atoms with Crippen molar-refractivity contribution in [1.29, 1.82) is 0 Å². The van der Waals surface area contributed by atoms with Crippen LogP contribution < -0.4 is 5.32 Å². The molecule has 2 rings (SSSR count). The van der Waals surface area contributed by atoms with E-state index >= 15 is 0 Å². The van der Waals surface area contributed by atoms with Gasteiger partial charge < -0.3 is 9.73 Å². The van der Waals surface area contributed by atoms with Crippen LogP contribution in [0.1, 0.15) is 5.89 Å². The van der Waals surface area contributed by atoms with E-state index in [-0.39, 0.29) is 5.91 Å². The summed E-state index contributed by atoms with van der Waals surface area (Å²) in [5, 5.41) is 10.4. The highest BCUT2D eigenvalue weighted by atomic mass is 16.4. The maximum atomic E-state index is 11.3. The summed E-state index contributed by atoms with van der Waals surface area (Å²) in [6, 6.07) is 7.20. The molecule has 1 aromatic heterocycles. The van der Waals surface area contributed by atoms with E-state index < -0.39 is 0 Å². The number of hydrogen-bond donors (Lipinski definition) is 1. The van der Waals surface area contributed by atoms with E-state index in [1.54, 1.807) is 19.1 Å². The number of nitrogens with one attached hydrogen (secondary N) is 1. The molecule has 0 fully saturated rings. The second-order valence-corrected chi connectivity index (χ2v) is 3.37. The number of para-hydroxylation sites is 1. The van der Waals surface area contributed by atoms with Crippen LogP contribution in [0.4, 0.5) is 5.69 Å². The predicted molar refractivity (Wildman–Crippen MR) is 63.3 cm³/mol. The Balaban J connectivity index is 2.40. The molecule has 5 nitrogen and oxygen atoms in total. The number of benzene rings is 1. The van der Waals surface area contributed by atoms with Gasteiger partial charge in [-0.1, -0.05) is 18.7 Å². The van der Waals surface area contributed by atoms with Crippen molar-refractivity contribution in [1.82, 2.24) is 10.2 Å². The average molecular weight is 229 g/mol. The first kappa shape index (κ1) is 11.1. The van der Waals surface area contributed by atoms with E-state index in [0.717, 1.165) is 0 Å². The standard InChI is InChI=1S/C12H11N3O2/c1-3-11(16)13-10-7-5-4-6-9(10)12-15-14-8(2)17-12/h3-7H,1H2,2H3,(H,13,16). The molecule has 1 aromatic carbocycles. The largest absolute Gasteiger partial charge is 0.421 e. The number of aryl methyl sites for hydroxylation is 1. The zero-order valence-corrected chi connectivity index (χ0v) is 9.30. The van der Waals surface area contributed by atoms with Gasteiger partial charge in [0.25, 0.3) is 0 Å². The van der Waals surface area contributed by atoms with Gasteiger partial charge in [-0.2, -0.15) is 0 Å². The van der Waals surface area contributed by atoms with Crippen molar-refractivity contribution in [3.8, 4) is 11.5 Å². The number of anilines is 1. The smallest absolute Gasteiger partial charge is 0.249 e. The molecule has 5 heteroatoms. The summed E-state index contributed by atoms with van der Waals surface area (Å²) in [5.41, 5.74) is 1.30. The number of amides is 1. The molecule has 1 heterocycles. The monoisotopic (exact) mass is 229 g/mol. The summed E-state index contributed by atoms with van der Waals surface area (Å²) in [6.45, 7) is 5.11. The van der Waals surface area contributed by atoms with Crippen molar-refractivity contribution < 1.29 is 9.21 Å². The molecule has 2 aromatic rings. The fourth-order valence-electron chi connectivity index (χ4n) is 1.37. The van der Waals surface area contributed by atoms with Gasteiger partial charge in [-0.05, 0) is 18.2 Å². The summed E-state index contributed by atoms with van der Waals surface area (Å²) in [4.78, 5) is 11.3. The molecule has 0 aliphatic rings. The van der Waals surface area contributed by atoms with Crippen LogP contribution in [-0.4, -0.2) is 16.1 Å². The summed E-state index contributed by atoms with van der Waals surface area (Å²) >= 11 is 0. The van der Waals surface area contributed by atoms with E-state index in [4.69, 9.17) is 4.42 Å². The summed E-state index contributed by atoms with van der Waals surface area (Å²) < 4.78 is 5.33. The second-order valence-electron chi connectivity index (χ2n) is 3.37. The molecular formula is C12H11N3O2. The lowest BCUT2D eigenvalue weighted by molar-refractivity contribution is -0.111. The molecule has 0 bridgehead atoms. The predicted octanol–water partition coefficient (Wildman–Crippen LogP) is 2.17. The Kier molecular flexibility index (Phi) is 3.00. The summed E-state index contributed by atoms with van der Waals surface area (Å²) in [7, 11) is 0. The maximum absolute atomic E-state index is 11.3. The molecule has 0 aliphatic heterocycles. The average Bonchev–Trinajstić information content (AvgIpc) is 2.76. The van der Waals surface area contributed by atoms with Crippen molar-refractivity contribution in [3.63, 3.8) is 0 Å². The number of aromatic nitrogens is 2. The van der Waals surface area contributed by atoms with Crippen LogP contribution in [0, 0.1) is 6.92 Å². The molecule has 17 heavy (non-hydrogen) atoms. The Labute approximate surface area is 98.2 Å². The zero-order chi connectivity index (χ0) is 12.3. The van der Waals surface area contributed by atoms with Gasteiger partial charge in [0.05, 0.1) is 11.3 Å². The van der Waals surface area contributed by atoms with Gasteiger partial charge in [-0.25, -0.2) is 0 Å². The highest BCUT2D eigenvalue weighted by molar-refractivity contribution is 6.01. The Hall–Kier alpha value is -2.43.